The Kier molecular flexibility index (Phi) is 4.86. The Bertz CT molecular complexity index is 546. The molecule has 0 spiro atoms. The zero-order valence-electron chi connectivity index (χ0n) is 11.9. The van der Waals surface area contributed by atoms with Crippen molar-refractivity contribution in [2.45, 2.75) is 25.4 Å². The van der Waals surface area contributed by atoms with Gasteiger partial charge in [0.1, 0.15) is 11.7 Å². The highest BCUT2D eigenvalue weighted by atomic mass is 16.2. The molecule has 7 heteroatoms. The first kappa shape index (κ1) is 15.0. The molecule has 0 bridgehead atoms. The molecule has 1 aromatic rings. The first-order valence-corrected chi connectivity index (χ1v) is 6.86. The lowest BCUT2D eigenvalue weighted by Crippen LogP contribution is -2.42. The quantitative estimate of drug-likeness (QED) is 0.548. The lowest BCUT2D eigenvalue weighted by Gasteiger charge is -2.19. The van der Waals surface area contributed by atoms with Gasteiger partial charge in [0.15, 0.2) is 0 Å². The fourth-order valence-corrected chi connectivity index (χ4v) is 2.49. The van der Waals surface area contributed by atoms with Gasteiger partial charge in [-0.15, -0.1) is 0 Å². The Hall–Kier alpha value is -2.44. The van der Waals surface area contributed by atoms with Crippen LogP contribution in [0.1, 0.15) is 18.4 Å². The van der Waals surface area contributed by atoms with Gasteiger partial charge in [-0.25, -0.2) is 5.53 Å². The monoisotopic (exact) mass is 289 g/mol. The van der Waals surface area contributed by atoms with Crippen LogP contribution in [0.3, 0.4) is 0 Å². The number of carbonyl (C=O) groups is 2. The summed E-state index contributed by atoms with van der Waals surface area (Å²) in [5.74, 6) is -0.137. The number of rotatable bonds is 6. The summed E-state index contributed by atoms with van der Waals surface area (Å²) >= 11 is 0. The lowest BCUT2D eigenvalue weighted by atomic mass is 10.1. The van der Waals surface area contributed by atoms with Gasteiger partial charge in [-0.1, -0.05) is 6.07 Å². The highest BCUT2D eigenvalue weighted by molar-refractivity contribution is 5.84. The van der Waals surface area contributed by atoms with Crippen LogP contribution < -0.4 is 10.6 Å². The van der Waals surface area contributed by atoms with Gasteiger partial charge in [0.25, 0.3) is 0 Å². The van der Waals surface area contributed by atoms with E-state index in [9.17, 15) is 9.59 Å². The minimum absolute atomic E-state index is 0.137. The average molecular weight is 289 g/mol. The first-order chi connectivity index (χ1) is 10.2. The van der Waals surface area contributed by atoms with E-state index in [-0.39, 0.29) is 11.9 Å². The maximum absolute atomic E-state index is 12.1. The second-order valence-electron chi connectivity index (χ2n) is 4.93. The number of carbonyl (C=O) groups excluding carboxylic acids is 2. The zero-order chi connectivity index (χ0) is 15.2. The van der Waals surface area contributed by atoms with Crippen LogP contribution in [0.5, 0.6) is 0 Å². The molecular weight excluding hydrogens is 270 g/mol. The molecule has 1 aliphatic heterocycles. The standard InChI is InChI=1S/C14H19N5O2/c1-16-11-5-4-10(7-12(11)18-15)8-17-14(21)13-3-2-6-19(13)9-20/h4-5,7,9,13,15-16H,2-3,6,8H2,1H3,(H,17,21). The number of likely N-dealkylation sites (tertiary alicyclic amines) is 1. The van der Waals surface area contributed by atoms with E-state index in [0.29, 0.717) is 25.2 Å². The van der Waals surface area contributed by atoms with Crippen LogP contribution >= 0.6 is 0 Å². The predicted octanol–water partition coefficient (Wildman–Crippen LogP) is 1.63. The maximum atomic E-state index is 12.1. The minimum atomic E-state index is -0.362. The van der Waals surface area contributed by atoms with Crippen molar-refractivity contribution >= 4 is 23.7 Å². The minimum Gasteiger partial charge on any atom is -0.386 e. The summed E-state index contributed by atoms with van der Waals surface area (Å²) in [5.41, 5.74) is 9.30. The van der Waals surface area contributed by atoms with Gasteiger partial charge >= 0.3 is 0 Å². The van der Waals surface area contributed by atoms with Crippen LogP contribution in [-0.4, -0.2) is 36.9 Å². The van der Waals surface area contributed by atoms with E-state index in [4.69, 9.17) is 5.53 Å². The molecule has 21 heavy (non-hydrogen) atoms. The van der Waals surface area contributed by atoms with Gasteiger partial charge in [-0.2, -0.15) is 5.11 Å². The van der Waals surface area contributed by atoms with Crippen LogP contribution in [0.15, 0.2) is 23.3 Å². The Morgan fingerprint density at radius 3 is 3.05 bits per heavy atom. The Morgan fingerprint density at radius 1 is 1.57 bits per heavy atom. The maximum Gasteiger partial charge on any atom is 0.243 e. The van der Waals surface area contributed by atoms with Gasteiger partial charge in [-0.3, -0.25) is 9.59 Å². The van der Waals surface area contributed by atoms with E-state index in [1.54, 1.807) is 13.1 Å². The number of benzene rings is 1. The Labute approximate surface area is 123 Å². The van der Waals surface area contributed by atoms with Crippen LogP contribution in [0, 0.1) is 5.53 Å². The van der Waals surface area contributed by atoms with Gasteiger partial charge in [0, 0.05) is 20.1 Å². The topological polar surface area (TPSA) is 97.7 Å². The number of hydrogen-bond donors (Lipinski definition) is 3. The largest absolute Gasteiger partial charge is 0.386 e. The van der Waals surface area contributed by atoms with E-state index in [2.05, 4.69) is 15.7 Å². The third-order valence-electron chi connectivity index (χ3n) is 3.65. The Morgan fingerprint density at radius 2 is 2.38 bits per heavy atom. The molecular formula is C14H19N5O2. The van der Waals surface area contributed by atoms with E-state index < -0.39 is 0 Å². The molecule has 112 valence electrons. The van der Waals surface area contributed by atoms with Crippen molar-refractivity contribution in [2.24, 2.45) is 5.11 Å². The SMILES string of the molecule is CNc1ccc(CNC(=O)C2CCCN2C=O)cc1N=N. The van der Waals surface area contributed by atoms with Gasteiger partial charge in [0.05, 0.1) is 5.69 Å². The molecule has 3 N–H and O–H groups in total. The van der Waals surface area contributed by atoms with Gasteiger partial charge < -0.3 is 15.5 Å². The number of nitrogens with zero attached hydrogens (tertiary/aromatic N) is 2. The molecule has 1 saturated heterocycles. The van der Waals surface area contributed by atoms with Crippen molar-refractivity contribution < 1.29 is 9.59 Å². The zero-order valence-corrected chi connectivity index (χ0v) is 11.9. The fraction of sp³-hybridized carbons (Fsp3) is 0.429. The van der Waals surface area contributed by atoms with E-state index in [0.717, 1.165) is 24.1 Å². The second-order valence-corrected chi connectivity index (χ2v) is 4.93. The summed E-state index contributed by atoms with van der Waals surface area (Å²) in [4.78, 5) is 24.5. The number of anilines is 1. The van der Waals surface area contributed by atoms with Gasteiger partial charge in [0.2, 0.25) is 12.3 Å². The summed E-state index contributed by atoms with van der Waals surface area (Å²) in [6.45, 7) is 0.995. The van der Waals surface area contributed by atoms with Crippen molar-refractivity contribution in [1.29, 1.82) is 5.53 Å². The third kappa shape index (κ3) is 3.36. The number of nitrogens with one attached hydrogen (secondary N) is 3. The van der Waals surface area contributed by atoms with Crippen LogP contribution in [0.25, 0.3) is 0 Å². The molecule has 1 atom stereocenters. The molecule has 7 nitrogen and oxygen atoms in total. The number of hydrogen-bond acceptors (Lipinski definition) is 5. The van der Waals surface area contributed by atoms with E-state index in [1.165, 1.54) is 4.90 Å². The Balaban J connectivity index is 1.98. The molecule has 1 aliphatic rings. The summed E-state index contributed by atoms with van der Waals surface area (Å²) in [5, 5.41) is 9.23. The molecule has 0 aromatic heterocycles. The molecule has 2 amide bonds. The smallest absolute Gasteiger partial charge is 0.243 e. The molecule has 2 rings (SSSR count). The molecule has 0 saturated carbocycles. The highest BCUT2D eigenvalue weighted by Gasteiger charge is 2.29. The number of amides is 2. The van der Waals surface area contributed by atoms with Crippen LogP contribution in [-0.2, 0) is 16.1 Å². The predicted molar refractivity (Wildman–Crippen MR) is 78.4 cm³/mol. The first-order valence-electron chi connectivity index (χ1n) is 6.86. The summed E-state index contributed by atoms with van der Waals surface area (Å²) < 4.78 is 0. The molecule has 1 unspecified atom stereocenters. The van der Waals surface area contributed by atoms with Crippen LogP contribution in [0.4, 0.5) is 11.4 Å². The van der Waals surface area contributed by atoms with Gasteiger partial charge in [-0.05, 0) is 30.5 Å². The van der Waals surface area contributed by atoms with E-state index in [1.807, 2.05) is 12.1 Å². The fourth-order valence-electron chi connectivity index (χ4n) is 2.49. The third-order valence-corrected chi connectivity index (χ3v) is 3.65. The normalized spacial score (nSPS) is 17.4. The van der Waals surface area contributed by atoms with Crippen molar-refractivity contribution in [1.82, 2.24) is 10.2 Å². The molecule has 1 fully saturated rings. The second kappa shape index (κ2) is 6.83. The lowest BCUT2D eigenvalue weighted by molar-refractivity contribution is -0.131. The molecule has 1 heterocycles. The van der Waals surface area contributed by atoms with Crippen molar-refractivity contribution in [2.75, 3.05) is 18.9 Å². The summed E-state index contributed by atoms with van der Waals surface area (Å²) in [6, 6.07) is 5.08. The molecule has 0 aliphatic carbocycles. The van der Waals surface area contributed by atoms with Crippen molar-refractivity contribution in [3.8, 4) is 0 Å². The van der Waals surface area contributed by atoms with Crippen molar-refractivity contribution in [3.05, 3.63) is 23.8 Å². The summed E-state index contributed by atoms with van der Waals surface area (Å²) in [7, 11) is 1.76. The summed E-state index contributed by atoms with van der Waals surface area (Å²) in [6.07, 6.45) is 2.29. The van der Waals surface area contributed by atoms with Crippen LogP contribution in [0.2, 0.25) is 0 Å². The van der Waals surface area contributed by atoms with Crippen molar-refractivity contribution in [3.63, 3.8) is 0 Å². The molecule has 0 radical (unpaired) electrons. The average Bonchev–Trinajstić information content (AvgIpc) is 3.00. The molecule has 1 aromatic carbocycles. The highest BCUT2D eigenvalue weighted by Crippen LogP contribution is 2.25. The van der Waals surface area contributed by atoms with E-state index >= 15 is 0 Å².